The van der Waals surface area contributed by atoms with E-state index in [4.69, 9.17) is 10.5 Å². The Morgan fingerprint density at radius 1 is 0.944 bits per heavy atom. The number of carbonyl (C=O) groups excluding carboxylic acids is 2. The van der Waals surface area contributed by atoms with Gasteiger partial charge in [0.1, 0.15) is 17.4 Å². The van der Waals surface area contributed by atoms with Crippen molar-refractivity contribution in [2.24, 2.45) is 0 Å². The van der Waals surface area contributed by atoms with Crippen LogP contribution in [0.5, 0.6) is 5.75 Å². The number of ether oxygens (including phenoxy) is 1. The first-order valence-corrected chi connectivity index (χ1v) is 12.4. The van der Waals surface area contributed by atoms with Crippen LogP contribution in [0.4, 0.5) is 5.69 Å². The van der Waals surface area contributed by atoms with Gasteiger partial charge in [0, 0.05) is 11.3 Å². The minimum absolute atomic E-state index is 0.222. The first kappa shape index (κ1) is 26.8. The Labute approximate surface area is 213 Å². The number of hydrogen-bond acceptors (Lipinski definition) is 5. The fourth-order valence-corrected chi connectivity index (χ4v) is 3.77. The molecule has 0 saturated carbocycles. The molecule has 0 aliphatic rings. The zero-order valence-corrected chi connectivity index (χ0v) is 21.3. The molecule has 0 aliphatic carbocycles. The molecule has 1 amide bonds. The highest BCUT2D eigenvalue weighted by molar-refractivity contribution is 5.97. The molecule has 0 saturated heterocycles. The fraction of sp³-hybridized carbons (Fsp3) is 0.333. The summed E-state index contributed by atoms with van der Waals surface area (Å²) in [6.07, 6.45) is 3.08. The molecule has 0 fully saturated rings. The number of nitrogens with one attached hydrogen (secondary N) is 1. The van der Waals surface area contributed by atoms with E-state index < -0.39 is 17.6 Å². The number of nitrogens with two attached hydrogens (primary N) is 1. The van der Waals surface area contributed by atoms with Crippen LogP contribution >= 0.6 is 0 Å². The van der Waals surface area contributed by atoms with Crippen molar-refractivity contribution in [1.82, 2.24) is 5.32 Å². The molecular weight excluding hydrogens is 452 g/mol. The lowest BCUT2D eigenvalue weighted by Gasteiger charge is -2.27. The quantitative estimate of drug-likeness (QED) is 0.254. The van der Waals surface area contributed by atoms with E-state index in [1.807, 2.05) is 63.2 Å². The second-order valence-corrected chi connectivity index (χ2v) is 9.66. The van der Waals surface area contributed by atoms with Crippen LogP contribution in [0, 0.1) is 0 Å². The van der Waals surface area contributed by atoms with E-state index in [0.717, 1.165) is 16.7 Å². The number of hydrogen-bond donors (Lipinski definition) is 3. The van der Waals surface area contributed by atoms with Crippen LogP contribution in [-0.2, 0) is 28.8 Å². The van der Waals surface area contributed by atoms with Gasteiger partial charge in [-0.05, 0) is 93.0 Å². The standard InChI is InChI=1S/C30H36N2O4/c1-4-30(2,3)36-29(35)27(19-13-21-8-6-5-7-9-21)32-28(34)24-15-18-26(31)23(20-24)14-10-22-11-16-25(33)17-12-22/h5-9,11-12,15-18,20,27,33H,4,10,13-14,19,31H2,1-3H3,(H,32,34)/t27-/m0/s1. The third-order valence-electron chi connectivity index (χ3n) is 6.41. The maximum absolute atomic E-state index is 13.2. The normalized spacial score (nSPS) is 12.1. The average Bonchev–Trinajstić information content (AvgIpc) is 2.87. The molecule has 36 heavy (non-hydrogen) atoms. The van der Waals surface area contributed by atoms with E-state index in [2.05, 4.69) is 5.32 Å². The number of aryl methyl sites for hydroxylation is 3. The summed E-state index contributed by atoms with van der Waals surface area (Å²) in [5.74, 6) is -0.557. The molecule has 0 unspecified atom stereocenters. The van der Waals surface area contributed by atoms with Crippen LogP contribution in [0.1, 0.15) is 60.7 Å². The molecule has 0 heterocycles. The van der Waals surface area contributed by atoms with Crippen LogP contribution in [0.15, 0.2) is 72.8 Å². The summed E-state index contributed by atoms with van der Waals surface area (Å²) in [5, 5.41) is 12.4. The predicted octanol–water partition coefficient (Wildman–Crippen LogP) is 5.22. The molecule has 3 rings (SSSR count). The maximum atomic E-state index is 13.2. The summed E-state index contributed by atoms with van der Waals surface area (Å²) in [4.78, 5) is 26.2. The molecule has 0 bridgehead atoms. The molecule has 6 nitrogen and oxygen atoms in total. The van der Waals surface area contributed by atoms with Gasteiger partial charge in [0.25, 0.3) is 5.91 Å². The van der Waals surface area contributed by atoms with Gasteiger partial charge < -0.3 is 20.9 Å². The molecule has 3 aromatic rings. The Hall–Kier alpha value is -3.80. The first-order valence-electron chi connectivity index (χ1n) is 12.4. The lowest BCUT2D eigenvalue weighted by molar-refractivity contribution is -0.159. The maximum Gasteiger partial charge on any atom is 0.329 e. The summed E-state index contributed by atoms with van der Waals surface area (Å²) in [5.41, 5.74) is 9.61. The van der Waals surface area contributed by atoms with Crippen molar-refractivity contribution in [3.05, 3.63) is 95.1 Å². The van der Waals surface area contributed by atoms with Crippen molar-refractivity contribution in [2.45, 2.75) is 64.5 Å². The van der Waals surface area contributed by atoms with Crippen molar-refractivity contribution in [2.75, 3.05) is 5.73 Å². The van der Waals surface area contributed by atoms with Gasteiger partial charge in [-0.2, -0.15) is 0 Å². The molecule has 190 valence electrons. The van der Waals surface area contributed by atoms with Gasteiger partial charge in [0.15, 0.2) is 0 Å². The SMILES string of the molecule is CCC(C)(C)OC(=O)[C@H](CCc1ccccc1)NC(=O)c1ccc(N)c(CCc2ccc(O)cc2)c1. The number of phenols is 1. The van der Waals surface area contributed by atoms with E-state index in [0.29, 0.717) is 43.4 Å². The van der Waals surface area contributed by atoms with E-state index in [9.17, 15) is 14.7 Å². The monoisotopic (exact) mass is 488 g/mol. The number of nitrogen functional groups attached to an aromatic ring is 1. The molecular formula is C30H36N2O4. The van der Waals surface area contributed by atoms with Gasteiger partial charge in [0.2, 0.25) is 0 Å². The first-order chi connectivity index (χ1) is 17.2. The highest BCUT2D eigenvalue weighted by Crippen LogP contribution is 2.20. The molecule has 0 spiro atoms. The minimum atomic E-state index is -0.776. The molecule has 0 aliphatic heterocycles. The molecule has 3 aromatic carbocycles. The topological polar surface area (TPSA) is 102 Å². The highest BCUT2D eigenvalue weighted by Gasteiger charge is 2.28. The minimum Gasteiger partial charge on any atom is -0.508 e. The Bertz CT molecular complexity index is 1160. The number of benzene rings is 3. The van der Waals surface area contributed by atoms with Crippen molar-refractivity contribution in [3.63, 3.8) is 0 Å². The zero-order valence-electron chi connectivity index (χ0n) is 21.3. The van der Waals surface area contributed by atoms with E-state index in [1.54, 1.807) is 30.3 Å². The second-order valence-electron chi connectivity index (χ2n) is 9.66. The Kier molecular flexibility index (Phi) is 9.12. The summed E-state index contributed by atoms with van der Waals surface area (Å²) < 4.78 is 5.72. The van der Waals surface area contributed by atoms with E-state index >= 15 is 0 Å². The van der Waals surface area contributed by atoms with Gasteiger partial charge in [-0.15, -0.1) is 0 Å². The Morgan fingerprint density at radius 2 is 1.61 bits per heavy atom. The Balaban J connectivity index is 1.72. The molecule has 4 N–H and O–H groups in total. The summed E-state index contributed by atoms with van der Waals surface area (Å²) in [7, 11) is 0. The number of amides is 1. The van der Waals surface area contributed by atoms with Gasteiger partial charge in [0.05, 0.1) is 0 Å². The van der Waals surface area contributed by atoms with Crippen LogP contribution in [0.2, 0.25) is 0 Å². The highest BCUT2D eigenvalue weighted by atomic mass is 16.6. The predicted molar refractivity (Wildman–Crippen MR) is 143 cm³/mol. The van der Waals surface area contributed by atoms with Crippen molar-refractivity contribution >= 4 is 17.6 Å². The number of aromatic hydroxyl groups is 1. The zero-order chi connectivity index (χ0) is 26.1. The van der Waals surface area contributed by atoms with Crippen LogP contribution in [0.3, 0.4) is 0 Å². The van der Waals surface area contributed by atoms with Gasteiger partial charge >= 0.3 is 5.97 Å². The van der Waals surface area contributed by atoms with Crippen molar-refractivity contribution in [1.29, 1.82) is 0 Å². The molecule has 0 aromatic heterocycles. The molecule has 0 radical (unpaired) electrons. The summed E-state index contributed by atoms with van der Waals surface area (Å²) in [6.45, 7) is 5.68. The smallest absolute Gasteiger partial charge is 0.329 e. The third-order valence-corrected chi connectivity index (χ3v) is 6.41. The van der Waals surface area contributed by atoms with Crippen molar-refractivity contribution < 1.29 is 19.4 Å². The van der Waals surface area contributed by atoms with Gasteiger partial charge in [-0.3, -0.25) is 4.79 Å². The van der Waals surface area contributed by atoms with Crippen molar-refractivity contribution in [3.8, 4) is 5.75 Å². The Morgan fingerprint density at radius 3 is 2.28 bits per heavy atom. The largest absolute Gasteiger partial charge is 0.508 e. The van der Waals surface area contributed by atoms with Gasteiger partial charge in [-0.25, -0.2) is 4.79 Å². The number of anilines is 1. The summed E-state index contributed by atoms with van der Waals surface area (Å²) >= 11 is 0. The lowest BCUT2D eigenvalue weighted by Crippen LogP contribution is -2.45. The van der Waals surface area contributed by atoms with E-state index in [-0.39, 0.29) is 11.7 Å². The van der Waals surface area contributed by atoms with Crippen LogP contribution in [-0.4, -0.2) is 28.6 Å². The number of carbonyl (C=O) groups is 2. The van der Waals surface area contributed by atoms with Gasteiger partial charge in [-0.1, -0.05) is 49.4 Å². The number of rotatable bonds is 11. The number of esters is 1. The molecule has 1 atom stereocenters. The lowest BCUT2D eigenvalue weighted by atomic mass is 10.00. The van der Waals surface area contributed by atoms with Crippen LogP contribution in [0.25, 0.3) is 0 Å². The van der Waals surface area contributed by atoms with E-state index in [1.165, 1.54) is 0 Å². The van der Waals surface area contributed by atoms with Crippen LogP contribution < -0.4 is 11.1 Å². The number of phenolic OH excluding ortho intramolecular Hbond substituents is 1. The fourth-order valence-electron chi connectivity index (χ4n) is 3.77. The molecule has 6 heteroatoms. The summed E-state index contributed by atoms with van der Waals surface area (Å²) in [6, 6.07) is 21.3. The average molecular weight is 489 g/mol. The second kappa shape index (κ2) is 12.2. The third kappa shape index (κ3) is 7.87.